The molecule has 0 aliphatic rings. The number of halogens is 1. The van der Waals surface area contributed by atoms with Crippen molar-refractivity contribution in [2.45, 2.75) is 26.2 Å². The lowest BCUT2D eigenvalue weighted by molar-refractivity contribution is 0.795. The molecule has 0 aliphatic heterocycles. The topological polar surface area (TPSA) is 95.2 Å². The van der Waals surface area contributed by atoms with E-state index < -0.39 is 0 Å². The zero-order valence-electron chi connectivity index (χ0n) is 17.1. The summed E-state index contributed by atoms with van der Waals surface area (Å²) < 4.78 is 0. The highest BCUT2D eigenvalue weighted by Crippen LogP contribution is 2.26. The van der Waals surface area contributed by atoms with Crippen molar-refractivity contribution in [1.82, 2.24) is 0 Å². The molecule has 3 aromatic carbocycles. The van der Waals surface area contributed by atoms with E-state index in [1.165, 1.54) is 5.56 Å². The van der Waals surface area contributed by atoms with Crippen molar-refractivity contribution < 1.29 is 0 Å². The second-order valence-electron chi connectivity index (χ2n) is 6.64. The van der Waals surface area contributed by atoms with Crippen LogP contribution in [0, 0.1) is 45.3 Å². The van der Waals surface area contributed by atoms with E-state index in [4.69, 9.17) is 27.4 Å². The highest BCUT2D eigenvalue weighted by molar-refractivity contribution is 6.31. The van der Waals surface area contributed by atoms with Gasteiger partial charge in [0.25, 0.3) is 0 Å². The van der Waals surface area contributed by atoms with Crippen LogP contribution in [-0.2, 0) is 6.42 Å². The molecule has 0 heterocycles. The summed E-state index contributed by atoms with van der Waals surface area (Å²) in [5.74, 6) is 0. The van der Waals surface area contributed by atoms with Crippen molar-refractivity contribution in [2.24, 2.45) is 0 Å². The summed E-state index contributed by atoms with van der Waals surface area (Å²) in [7, 11) is 0. The van der Waals surface area contributed by atoms with Gasteiger partial charge in [-0.2, -0.15) is 21.0 Å². The summed E-state index contributed by atoms with van der Waals surface area (Å²) in [6.07, 6.45) is 3.37. The third-order valence-electron chi connectivity index (χ3n) is 4.60. The Balaban J connectivity index is 0.000000262. The number of aryl methyl sites for hydroxylation is 1. The van der Waals surface area contributed by atoms with Gasteiger partial charge in [-0.15, -0.1) is 0 Å². The summed E-state index contributed by atoms with van der Waals surface area (Å²) >= 11 is 5.63. The number of benzene rings is 3. The molecule has 3 rings (SSSR count). The predicted molar refractivity (Wildman–Crippen MR) is 121 cm³/mol. The minimum Gasteiger partial charge on any atom is -0.192 e. The number of hydrogen-bond donors (Lipinski definition) is 0. The number of unbranched alkanes of at least 4 members (excludes halogenated alkanes) is 1. The third-order valence-corrected chi connectivity index (χ3v) is 4.91. The fourth-order valence-electron chi connectivity index (χ4n) is 3.01. The van der Waals surface area contributed by atoms with Gasteiger partial charge in [0.15, 0.2) is 0 Å². The van der Waals surface area contributed by atoms with Crippen LogP contribution in [0.2, 0.25) is 5.02 Å². The first-order valence-electron chi connectivity index (χ1n) is 9.70. The largest absolute Gasteiger partial charge is 0.192 e. The zero-order valence-corrected chi connectivity index (χ0v) is 17.8. The number of nitriles is 4. The number of hydrogen-bond acceptors (Lipinski definition) is 4. The molecule has 0 amide bonds. The van der Waals surface area contributed by atoms with Gasteiger partial charge in [0.1, 0.15) is 24.3 Å². The first-order chi connectivity index (χ1) is 15.1. The van der Waals surface area contributed by atoms with Crippen LogP contribution in [0.25, 0.3) is 11.1 Å². The Morgan fingerprint density at radius 2 is 1.35 bits per heavy atom. The molecular formula is C26H19ClN4. The highest BCUT2D eigenvalue weighted by atomic mass is 35.5. The van der Waals surface area contributed by atoms with E-state index in [0.717, 1.165) is 30.4 Å². The molecule has 3 aromatic rings. The van der Waals surface area contributed by atoms with Crippen LogP contribution in [-0.4, -0.2) is 0 Å². The first-order valence-corrected chi connectivity index (χ1v) is 10.1. The van der Waals surface area contributed by atoms with Crippen LogP contribution in [0.1, 0.15) is 47.6 Å². The summed E-state index contributed by atoms with van der Waals surface area (Å²) in [4.78, 5) is 0. The van der Waals surface area contributed by atoms with Crippen molar-refractivity contribution in [2.75, 3.05) is 0 Å². The van der Waals surface area contributed by atoms with Crippen LogP contribution in [0.4, 0.5) is 0 Å². The van der Waals surface area contributed by atoms with Gasteiger partial charge in [-0.1, -0.05) is 67.4 Å². The lowest BCUT2D eigenvalue weighted by atomic mass is 9.94. The van der Waals surface area contributed by atoms with Gasteiger partial charge in [0.05, 0.1) is 27.3 Å². The van der Waals surface area contributed by atoms with Crippen LogP contribution in [0.5, 0.6) is 0 Å². The van der Waals surface area contributed by atoms with Crippen molar-refractivity contribution in [3.05, 3.63) is 93.5 Å². The van der Waals surface area contributed by atoms with Gasteiger partial charge in [0.2, 0.25) is 0 Å². The van der Waals surface area contributed by atoms with E-state index in [9.17, 15) is 5.26 Å². The molecule has 0 saturated heterocycles. The molecule has 0 N–H and O–H groups in total. The van der Waals surface area contributed by atoms with E-state index in [1.807, 2.05) is 36.4 Å². The Kier molecular flexibility index (Phi) is 8.83. The van der Waals surface area contributed by atoms with Gasteiger partial charge in [0, 0.05) is 5.56 Å². The van der Waals surface area contributed by atoms with Crippen molar-refractivity contribution in [3.8, 4) is 35.4 Å². The molecular weight excluding hydrogens is 404 g/mol. The lowest BCUT2D eigenvalue weighted by Gasteiger charge is -2.08. The lowest BCUT2D eigenvalue weighted by Crippen LogP contribution is -1.91. The molecule has 150 valence electrons. The second kappa shape index (κ2) is 11.8. The first kappa shape index (κ1) is 23.2. The average Bonchev–Trinajstić information content (AvgIpc) is 2.82. The Hall–Kier alpha value is -4.09. The quantitative estimate of drug-likeness (QED) is 0.477. The molecule has 0 aliphatic carbocycles. The minimum atomic E-state index is 0.247. The molecule has 0 unspecified atom stereocenters. The molecule has 0 fully saturated rings. The maximum atomic E-state index is 9.30. The third kappa shape index (κ3) is 5.95. The minimum absolute atomic E-state index is 0.247. The summed E-state index contributed by atoms with van der Waals surface area (Å²) in [5, 5.41) is 35.8. The fraction of sp³-hybridized carbons (Fsp3) is 0.154. The fourth-order valence-corrected chi connectivity index (χ4v) is 3.23. The van der Waals surface area contributed by atoms with Gasteiger partial charge >= 0.3 is 0 Å². The molecule has 0 bridgehead atoms. The van der Waals surface area contributed by atoms with Crippen molar-refractivity contribution in [3.63, 3.8) is 0 Å². The van der Waals surface area contributed by atoms with Gasteiger partial charge in [-0.05, 0) is 42.2 Å². The maximum absolute atomic E-state index is 9.30. The smallest absolute Gasteiger partial charge is 0.102 e. The molecule has 0 aromatic heterocycles. The molecule has 4 nitrogen and oxygen atoms in total. The predicted octanol–water partition coefficient (Wildman–Crippen LogP) is 6.52. The Labute approximate surface area is 187 Å². The van der Waals surface area contributed by atoms with E-state index >= 15 is 0 Å². The van der Waals surface area contributed by atoms with Gasteiger partial charge in [-0.25, -0.2) is 0 Å². The number of rotatable bonds is 4. The Morgan fingerprint density at radius 3 is 1.94 bits per heavy atom. The maximum Gasteiger partial charge on any atom is 0.102 e. The molecule has 31 heavy (non-hydrogen) atoms. The van der Waals surface area contributed by atoms with E-state index in [2.05, 4.69) is 31.2 Å². The van der Waals surface area contributed by atoms with Crippen LogP contribution >= 0.6 is 11.6 Å². The Morgan fingerprint density at radius 1 is 0.742 bits per heavy atom. The molecule has 5 heteroatoms. The van der Waals surface area contributed by atoms with E-state index in [0.29, 0.717) is 21.7 Å². The van der Waals surface area contributed by atoms with Gasteiger partial charge < -0.3 is 0 Å². The molecule has 0 atom stereocenters. The highest BCUT2D eigenvalue weighted by Gasteiger charge is 2.10. The summed E-state index contributed by atoms with van der Waals surface area (Å²) in [6, 6.07) is 26.4. The van der Waals surface area contributed by atoms with Crippen LogP contribution < -0.4 is 0 Å². The summed E-state index contributed by atoms with van der Waals surface area (Å²) in [6.45, 7) is 2.17. The van der Waals surface area contributed by atoms with Crippen molar-refractivity contribution >= 4 is 11.6 Å². The standard InChI is InChI=1S/C18H16N2.C8H3ClN2/c1-2-3-6-14-7-4-8-15(11-14)17-10-5-9-16(12-19)18(17)13-20;9-8-3-1-2-6(4-10)7(8)5-11/h4-5,7-11H,2-3,6H2,1H3;1-3H. The Bertz CT molecular complexity index is 1230. The zero-order chi connectivity index (χ0) is 22.6. The summed E-state index contributed by atoms with van der Waals surface area (Å²) in [5.41, 5.74) is 4.58. The average molecular weight is 423 g/mol. The number of nitrogens with zero attached hydrogens (tertiary/aromatic N) is 4. The molecule has 0 saturated carbocycles. The van der Waals surface area contributed by atoms with Crippen LogP contribution in [0.3, 0.4) is 0 Å². The molecule has 0 spiro atoms. The SMILES string of the molecule is CCCCc1cccc(-c2cccc(C#N)c2C#N)c1.N#Cc1cccc(Cl)c1C#N. The second-order valence-corrected chi connectivity index (χ2v) is 7.05. The molecule has 0 radical (unpaired) electrons. The van der Waals surface area contributed by atoms with Crippen LogP contribution in [0.15, 0.2) is 60.7 Å². The normalized spacial score (nSPS) is 9.23. The van der Waals surface area contributed by atoms with E-state index in [-0.39, 0.29) is 5.56 Å². The monoisotopic (exact) mass is 422 g/mol. The van der Waals surface area contributed by atoms with Crippen molar-refractivity contribution in [1.29, 1.82) is 21.0 Å². The van der Waals surface area contributed by atoms with E-state index in [1.54, 1.807) is 24.3 Å². The van der Waals surface area contributed by atoms with Gasteiger partial charge in [-0.3, -0.25) is 0 Å².